The average molecular weight is 490 g/mol. The van der Waals surface area contributed by atoms with E-state index in [0.29, 0.717) is 17.9 Å². The predicted molar refractivity (Wildman–Crippen MR) is 136 cm³/mol. The molecule has 180 valence electrons. The van der Waals surface area contributed by atoms with Crippen LogP contribution >= 0.6 is 11.3 Å². The summed E-state index contributed by atoms with van der Waals surface area (Å²) < 4.78 is 6.02. The minimum Gasteiger partial charge on any atom is -0.489 e. The number of pyridine rings is 1. The highest BCUT2D eigenvalue weighted by atomic mass is 32.1. The largest absolute Gasteiger partial charge is 0.489 e. The molecular formula is C26H27N5O3S. The number of H-pyrrole nitrogens is 1. The molecule has 0 aliphatic carbocycles. The van der Waals surface area contributed by atoms with Gasteiger partial charge in [-0.2, -0.15) is 5.10 Å². The minimum atomic E-state index is -0.175. The molecule has 2 atom stereocenters. The van der Waals surface area contributed by atoms with Crippen molar-refractivity contribution in [2.24, 2.45) is 0 Å². The Morgan fingerprint density at radius 3 is 2.74 bits per heavy atom. The second-order valence-corrected chi connectivity index (χ2v) is 9.74. The standard InChI is InChI=1S/C26H27N5O3S/c1-3-31-13-21(25-29-30-26(33)35-25)23(14-31)28-24(32)17-8-10-19(11-9-17)34-15-18-12-16(2)27-22-7-5-4-6-20(18)22/h4-12,21,23H,3,13-15H2,1-2H3,(H,28,32)(H,30,33)/t21-,23+/m0/s1. The summed E-state index contributed by atoms with van der Waals surface area (Å²) in [5.41, 5.74) is 3.53. The first-order valence-electron chi connectivity index (χ1n) is 11.7. The molecule has 2 aromatic heterocycles. The molecule has 4 aromatic rings. The Kier molecular flexibility index (Phi) is 6.61. The maximum absolute atomic E-state index is 13.0. The first kappa shape index (κ1) is 23.2. The van der Waals surface area contributed by atoms with Gasteiger partial charge < -0.3 is 15.0 Å². The number of aromatic nitrogens is 3. The lowest BCUT2D eigenvalue weighted by molar-refractivity contribution is 0.0935. The molecule has 3 heterocycles. The van der Waals surface area contributed by atoms with Crippen LogP contribution < -0.4 is 14.9 Å². The quantitative estimate of drug-likeness (QED) is 0.412. The number of likely N-dealkylation sites (N-methyl/N-ethyl adjacent to an activating group) is 1. The van der Waals surface area contributed by atoms with Crippen LogP contribution in [0.5, 0.6) is 5.75 Å². The van der Waals surface area contributed by atoms with Crippen molar-refractivity contribution in [2.75, 3.05) is 19.6 Å². The SMILES string of the molecule is CCN1C[C@H](c2n[nH]c(=O)s2)[C@H](NC(=O)c2ccc(OCc3cc(C)nc4ccccc34)cc2)C1. The van der Waals surface area contributed by atoms with Crippen molar-refractivity contribution >= 4 is 28.1 Å². The fraction of sp³-hybridized carbons (Fsp3) is 0.308. The monoisotopic (exact) mass is 489 g/mol. The molecule has 0 unspecified atom stereocenters. The first-order valence-corrected chi connectivity index (χ1v) is 12.5. The second kappa shape index (κ2) is 9.97. The Morgan fingerprint density at radius 1 is 1.20 bits per heavy atom. The zero-order valence-corrected chi connectivity index (χ0v) is 20.5. The number of carbonyl (C=O) groups is 1. The first-order chi connectivity index (χ1) is 17.0. The lowest BCUT2D eigenvalue weighted by Crippen LogP contribution is -2.39. The number of amides is 1. The van der Waals surface area contributed by atoms with Gasteiger partial charge in [0.2, 0.25) is 0 Å². The van der Waals surface area contributed by atoms with E-state index in [1.807, 2.05) is 49.4 Å². The summed E-state index contributed by atoms with van der Waals surface area (Å²) in [6.07, 6.45) is 0. The lowest BCUT2D eigenvalue weighted by atomic mass is 10.0. The second-order valence-electron chi connectivity index (χ2n) is 8.74. The number of aryl methyl sites for hydroxylation is 1. The van der Waals surface area contributed by atoms with E-state index in [1.165, 1.54) is 0 Å². The molecule has 1 aliphatic heterocycles. The van der Waals surface area contributed by atoms with Crippen molar-refractivity contribution in [1.82, 2.24) is 25.4 Å². The van der Waals surface area contributed by atoms with Crippen LogP contribution in [0.25, 0.3) is 10.9 Å². The van der Waals surface area contributed by atoms with Crippen LogP contribution in [0.1, 0.15) is 39.5 Å². The number of hydrogen-bond donors (Lipinski definition) is 2. The van der Waals surface area contributed by atoms with Crippen LogP contribution in [0.3, 0.4) is 0 Å². The third kappa shape index (κ3) is 5.11. The van der Waals surface area contributed by atoms with E-state index in [2.05, 4.69) is 32.3 Å². The average Bonchev–Trinajstić information content (AvgIpc) is 3.48. The number of ether oxygens (including phenoxy) is 1. The van der Waals surface area contributed by atoms with Crippen molar-refractivity contribution in [1.29, 1.82) is 0 Å². The Morgan fingerprint density at radius 2 is 2.00 bits per heavy atom. The summed E-state index contributed by atoms with van der Waals surface area (Å²) in [6.45, 7) is 6.84. The van der Waals surface area contributed by atoms with Gasteiger partial charge in [0, 0.05) is 41.2 Å². The van der Waals surface area contributed by atoms with Gasteiger partial charge in [0.1, 0.15) is 17.4 Å². The summed E-state index contributed by atoms with van der Waals surface area (Å²) in [5.74, 6) is 0.532. The lowest BCUT2D eigenvalue weighted by Gasteiger charge is -2.18. The number of likely N-dealkylation sites (tertiary alicyclic amines) is 1. The van der Waals surface area contributed by atoms with Crippen LogP contribution in [0.4, 0.5) is 0 Å². The smallest absolute Gasteiger partial charge is 0.322 e. The van der Waals surface area contributed by atoms with Gasteiger partial charge in [-0.1, -0.05) is 36.5 Å². The molecule has 2 aromatic carbocycles. The Balaban J connectivity index is 1.25. The van der Waals surface area contributed by atoms with Crippen LogP contribution in [-0.2, 0) is 6.61 Å². The number of fused-ring (bicyclic) bond motifs is 1. The summed E-state index contributed by atoms with van der Waals surface area (Å²) >= 11 is 1.11. The molecule has 1 saturated heterocycles. The molecule has 0 bridgehead atoms. The third-order valence-electron chi connectivity index (χ3n) is 6.37. The van der Waals surface area contributed by atoms with Crippen LogP contribution in [0.15, 0.2) is 59.4 Å². The zero-order valence-electron chi connectivity index (χ0n) is 19.7. The fourth-order valence-electron chi connectivity index (χ4n) is 4.57. The van der Waals surface area contributed by atoms with E-state index in [9.17, 15) is 9.59 Å². The number of para-hydroxylation sites is 1. The Labute approximate surface area is 207 Å². The van der Waals surface area contributed by atoms with Gasteiger partial charge in [0.05, 0.1) is 11.6 Å². The number of aromatic amines is 1. The molecule has 0 spiro atoms. The van der Waals surface area contributed by atoms with Gasteiger partial charge in [0.25, 0.3) is 5.91 Å². The van der Waals surface area contributed by atoms with Crippen LogP contribution in [0, 0.1) is 6.92 Å². The highest BCUT2D eigenvalue weighted by molar-refractivity contribution is 7.08. The van der Waals surface area contributed by atoms with Crippen molar-refractivity contribution in [3.05, 3.63) is 86.1 Å². The minimum absolute atomic E-state index is 0.0101. The highest BCUT2D eigenvalue weighted by Crippen LogP contribution is 2.28. The molecule has 5 rings (SSSR count). The fourth-order valence-corrected chi connectivity index (χ4v) is 5.33. The van der Waals surface area contributed by atoms with Crippen LogP contribution in [-0.4, -0.2) is 51.7 Å². The van der Waals surface area contributed by atoms with Crippen molar-refractivity contribution in [3.8, 4) is 5.75 Å². The summed E-state index contributed by atoms with van der Waals surface area (Å²) in [4.78, 5) is 31.2. The van der Waals surface area contributed by atoms with Gasteiger partial charge in [0.15, 0.2) is 0 Å². The Bertz CT molecular complexity index is 1400. The molecule has 35 heavy (non-hydrogen) atoms. The summed E-state index contributed by atoms with van der Waals surface area (Å²) in [7, 11) is 0. The van der Waals surface area contributed by atoms with Crippen molar-refractivity contribution in [3.63, 3.8) is 0 Å². The molecule has 2 N–H and O–H groups in total. The van der Waals surface area contributed by atoms with Crippen molar-refractivity contribution < 1.29 is 9.53 Å². The van der Waals surface area contributed by atoms with E-state index >= 15 is 0 Å². The number of hydrogen-bond acceptors (Lipinski definition) is 7. The number of nitrogens with one attached hydrogen (secondary N) is 2. The summed E-state index contributed by atoms with van der Waals surface area (Å²) in [6, 6.07) is 17.1. The molecule has 1 aliphatic rings. The van der Waals surface area contributed by atoms with Crippen LogP contribution in [0.2, 0.25) is 0 Å². The molecule has 0 saturated carbocycles. The van der Waals surface area contributed by atoms with E-state index in [4.69, 9.17) is 4.74 Å². The zero-order chi connectivity index (χ0) is 24.4. The normalized spacial score (nSPS) is 18.1. The predicted octanol–water partition coefficient (Wildman–Crippen LogP) is 3.48. The van der Waals surface area contributed by atoms with Gasteiger partial charge >= 0.3 is 4.87 Å². The van der Waals surface area contributed by atoms with E-state index in [0.717, 1.165) is 58.1 Å². The maximum atomic E-state index is 13.0. The van der Waals surface area contributed by atoms with Crippen molar-refractivity contribution in [2.45, 2.75) is 32.4 Å². The molecule has 9 heteroatoms. The topological polar surface area (TPSA) is 100 Å². The molecule has 8 nitrogen and oxygen atoms in total. The van der Waals surface area contributed by atoms with Gasteiger partial charge in [-0.3, -0.25) is 14.6 Å². The van der Waals surface area contributed by atoms with E-state index in [-0.39, 0.29) is 22.7 Å². The van der Waals surface area contributed by atoms with E-state index in [1.54, 1.807) is 12.1 Å². The number of carbonyl (C=O) groups excluding carboxylic acids is 1. The Hall–Kier alpha value is -3.56. The van der Waals surface area contributed by atoms with E-state index < -0.39 is 0 Å². The summed E-state index contributed by atoms with van der Waals surface area (Å²) in [5, 5.41) is 11.6. The number of nitrogens with zero attached hydrogens (tertiary/aromatic N) is 3. The van der Waals surface area contributed by atoms with Gasteiger partial charge in [-0.05, 0) is 49.9 Å². The highest BCUT2D eigenvalue weighted by Gasteiger charge is 2.36. The molecule has 1 fully saturated rings. The molecular weight excluding hydrogens is 462 g/mol. The number of rotatable bonds is 7. The van der Waals surface area contributed by atoms with Gasteiger partial charge in [-0.15, -0.1) is 0 Å². The van der Waals surface area contributed by atoms with Gasteiger partial charge in [-0.25, -0.2) is 5.10 Å². The third-order valence-corrected chi connectivity index (χ3v) is 7.25. The molecule has 0 radical (unpaired) electrons. The number of benzene rings is 2. The molecule has 1 amide bonds. The maximum Gasteiger partial charge on any atom is 0.322 e.